The fourth-order valence-corrected chi connectivity index (χ4v) is 2.29. The number of hydrogen-bond acceptors (Lipinski definition) is 4. The third-order valence-electron chi connectivity index (χ3n) is 3.45. The van der Waals surface area contributed by atoms with Gasteiger partial charge in [-0.3, -0.25) is 4.79 Å². The van der Waals surface area contributed by atoms with Crippen molar-refractivity contribution in [2.45, 2.75) is 13.3 Å². The fourth-order valence-electron chi connectivity index (χ4n) is 2.29. The molecule has 118 valence electrons. The number of likely N-dealkylation sites (tertiary alicyclic amines) is 1. The standard InChI is InChI=1S/C15H18N2O5/c1-2-22-14(20)10-4-3-5-12(8-10)16-15(21)17-7-6-11(9-17)13(18)19/h3-5,8,11H,2,6-7,9H2,1H3,(H,16,21)(H,18,19). The van der Waals surface area contributed by atoms with E-state index in [2.05, 4.69) is 5.32 Å². The molecule has 0 bridgehead atoms. The van der Waals surface area contributed by atoms with Crippen LogP contribution in [0.4, 0.5) is 10.5 Å². The molecule has 0 aliphatic carbocycles. The Morgan fingerprint density at radius 2 is 2.18 bits per heavy atom. The van der Waals surface area contributed by atoms with Crippen molar-refractivity contribution < 1.29 is 24.2 Å². The van der Waals surface area contributed by atoms with Crippen molar-refractivity contribution in [1.82, 2.24) is 4.90 Å². The number of benzene rings is 1. The maximum atomic E-state index is 12.1. The molecule has 1 heterocycles. The van der Waals surface area contributed by atoms with Gasteiger partial charge >= 0.3 is 18.0 Å². The number of urea groups is 1. The van der Waals surface area contributed by atoms with Crippen LogP contribution in [0.1, 0.15) is 23.7 Å². The van der Waals surface area contributed by atoms with Gasteiger partial charge in [-0.2, -0.15) is 0 Å². The number of carboxylic acid groups (broad SMARTS) is 1. The molecule has 2 rings (SSSR count). The molecule has 1 aromatic carbocycles. The summed E-state index contributed by atoms with van der Waals surface area (Å²) in [5, 5.41) is 11.6. The van der Waals surface area contributed by atoms with Gasteiger partial charge in [0.1, 0.15) is 0 Å². The number of nitrogens with zero attached hydrogens (tertiary/aromatic N) is 1. The SMILES string of the molecule is CCOC(=O)c1cccc(NC(=O)N2CCC(C(=O)O)C2)c1. The number of carboxylic acids is 1. The zero-order valence-corrected chi connectivity index (χ0v) is 12.2. The normalized spacial score (nSPS) is 17.1. The van der Waals surface area contributed by atoms with Gasteiger partial charge < -0.3 is 20.1 Å². The number of carbonyl (C=O) groups excluding carboxylic acids is 2. The number of esters is 1. The molecule has 7 heteroatoms. The molecule has 1 aliphatic rings. The van der Waals surface area contributed by atoms with E-state index in [1.54, 1.807) is 25.1 Å². The van der Waals surface area contributed by atoms with E-state index in [1.165, 1.54) is 11.0 Å². The highest BCUT2D eigenvalue weighted by molar-refractivity contribution is 5.94. The van der Waals surface area contributed by atoms with Crippen molar-refractivity contribution in [2.75, 3.05) is 25.0 Å². The van der Waals surface area contributed by atoms with Crippen molar-refractivity contribution in [3.63, 3.8) is 0 Å². The number of ether oxygens (including phenoxy) is 1. The minimum Gasteiger partial charge on any atom is -0.481 e. The Balaban J connectivity index is 1.99. The summed E-state index contributed by atoms with van der Waals surface area (Å²) >= 11 is 0. The first-order chi connectivity index (χ1) is 10.5. The summed E-state index contributed by atoms with van der Waals surface area (Å²) in [5.41, 5.74) is 0.818. The Morgan fingerprint density at radius 1 is 1.41 bits per heavy atom. The number of hydrogen-bond donors (Lipinski definition) is 2. The number of amides is 2. The minimum absolute atomic E-state index is 0.193. The number of nitrogens with one attached hydrogen (secondary N) is 1. The van der Waals surface area contributed by atoms with Gasteiger partial charge in [-0.25, -0.2) is 9.59 Å². The van der Waals surface area contributed by atoms with E-state index in [9.17, 15) is 14.4 Å². The Kier molecular flexibility index (Phi) is 4.98. The molecule has 1 saturated heterocycles. The first-order valence-corrected chi connectivity index (χ1v) is 7.07. The highest BCUT2D eigenvalue weighted by Crippen LogP contribution is 2.18. The zero-order chi connectivity index (χ0) is 16.1. The summed E-state index contributed by atoms with van der Waals surface area (Å²) in [6.45, 7) is 2.59. The fraction of sp³-hybridized carbons (Fsp3) is 0.400. The molecule has 1 unspecified atom stereocenters. The van der Waals surface area contributed by atoms with Gasteiger partial charge in [-0.15, -0.1) is 0 Å². The van der Waals surface area contributed by atoms with E-state index in [-0.39, 0.29) is 19.2 Å². The van der Waals surface area contributed by atoms with Crippen LogP contribution in [0.3, 0.4) is 0 Å². The summed E-state index contributed by atoms with van der Waals surface area (Å²) < 4.78 is 4.90. The molecule has 1 atom stereocenters. The van der Waals surface area contributed by atoms with Crippen LogP contribution in [0.25, 0.3) is 0 Å². The predicted octanol–water partition coefficient (Wildman–Crippen LogP) is 1.80. The van der Waals surface area contributed by atoms with Gasteiger partial charge in [0.25, 0.3) is 0 Å². The average molecular weight is 306 g/mol. The van der Waals surface area contributed by atoms with Crippen molar-refractivity contribution in [2.24, 2.45) is 5.92 Å². The molecule has 7 nitrogen and oxygen atoms in total. The zero-order valence-electron chi connectivity index (χ0n) is 12.2. The van der Waals surface area contributed by atoms with Crippen LogP contribution in [0, 0.1) is 5.92 Å². The number of rotatable bonds is 4. The van der Waals surface area contributed by atoms with Gasteiger partial charge in [0.05, 0.1) is 18.1 Å². The highest BCUT2D eigenvalue weighted by atomic mass is 16.5. The van der Waals surface area contributed by atoms with Crippen LogP contribution < -0.4 is 5.32 Å². The Hall–Kier alpha value is -2.57. The topological polar surface area (TPSA) is 95.9 Å². The van der Waals surface area contributed by atoms with Crippen LogP contribution in [0.2, 0.25) is 0 Å². The molecular formula is C15H18N2O5. The number of anilines is 1. The maximum Gasteiger partial charge on any atom is 0.338 e. The van der Waals surface area contributed by atoms with Crippen LogP contribution in [0.15, 0.2) is 24.3 Å². The van der Waals surface area contributed by atoms with E-state index in [4.69, 9.17) is 9.84 Å². The lowest BCUT2D eigenvalue weighted by Gasteiger charge is -2.17. The third kappa shape index (κ3) is 3.75. The van der Waals surface area contributed by atoms with Crippen LogP contribution >= 0.6 is 0 Å². The molecule has 1 aliphatic heterocycles. The molecule has 22 heavy (non-hydrogen) atoms. The van der Waals surface area contributed by atoms with E-state index in [1.807, 2.05) is 0 Å². The maximum absolute atomic E-state index is 12.1. The number of aliphatic carboxylic acids is 1. The summed E-state index contributed by atoms with van der Waals surface area (Å²) in [6, 6.07) is 6.06. The molecular weight excluding hydrogens is 288 g/mol. The summed E-state index contributed by atoms with van der Waals surface area (Å²) in [4.78, 5) is 36.1. The summed E-state index contributed by atoms with van der Waals surface area (Å²) in [6.07, 6.45) is 0.450. The molecule has 0 spiro atoms. The van der Waals surface area contributed by atoms with Gasteiger partial charge in [0, 0.05) is 18.8 Å². The largest absolute Gasteiger partial charge is 0.481 e. The summed E-state index contributed by atoms with van der Waals surface area (Å²) in [5.74, 6) is -1.86. The van der Waals surface area contributed by atoms with Crippen LogP contribution in [0.5, 0.6) is 0 Å². The van der Waals surface area contributed by atoms with E-state index >= 15 is 0 Å². The highest BCUT2D eigenvalue weighted by Gasteiger charge is 2.30. The molecule has 2 N–H and O–H groups in total. The first kappa shape index (κ1) is 15.8. The second-order valence-electron chi connectivity index (χ2n) is 5.00. The molecule has 0 aromatic heterocycles. The summed E-state index contributed by atoms with van der Waals surface area (Å²) in [7, 11) is 0. The van der Waals surface area contributed by atoms with E-state index < -0.39 is 17.9 Å². The Morgan fingerprint density at radius 3 is 2.82 bits per heavy atom. The second kappa shape index (κ2) is 6.93. The molecule has 0 saturated carbocycles. The monoisotopic (exact) mass is 306 g/mol. The minimum atomic E-state index is -0.889. The van der Waals surface area contributed by atoms with Crippen molar-refractivity contribution in [1.29, 1.82) is 0 Å². The quantitative estimate of drug-likeness (QED) is 0.827. The Labute approximate surface area is 127 Å². The van der Waals surface area contributed by atoms with Gasteiger partial charge in [-0.05, 0) is 31.5 Å². The van der Waals surface area contributed by atoms with Gasteiger partial charge in [0.15, 0.2) is 0 Å². The first-order valence-electron chi connectivity index (χ1n) is 7.07. The van der Waals surface area contributed by atoms with E-state index in [0.29, 0.717) is 24.2 Å². The predicted molar refractivity (Wildman–Crippen MR) is 78.7 cm³/mol. The van der Waals surface area contributed by atoms with Crippen LogP contribution in [-0.2, 0) is 9.53 Å². The lowest BCUT2D eigenvalue weighted by Crippen LogP contribution is -2.33. The third-order valence-corrected chi connectivity index (χ3v) is 3.45. The lowest BCUT2D eigenvalue weighted by molar-refractivity contribution is -0.141. The second-order valence-corrected chi connectivity index (χ2v) is 5.00. The van der Waals surface area contributed by atoms with Crippen LogP contribution in [-0.4, -0.2) is 47.7 Å². The van der Waals surface area contributed by atoms with Crippen molar-refractivity contribution in [3.05, 3.63) is 29.8 Å². The molecule has 0 radical (unpaired) electrons. The smallest absolute Gasteiger partial charge is 0.338 e. The van der Waals surface area contributed by atoms with Crippen molar-refractivity contribution >= 4 is 23.7 Å². The van der Waals surface area contributed by atoms with Gasteiger partial charge in [0.2, 0.25) is 0 Å². The van der Waals surface area contributed by atoms with Gasteiger partial charge in [-0.1, -0.05) is 6.07 Å². The Bertz CT molecular complexity index is 587. The number of carbonyl (C=O) groups is 3. The van der Waals surface area contributed by atoms with Crippen molar-refractivity contribution in [3.8, 4) is 0 Å². The molecule has 1 aromatic rings. The molecule has 1 fully saturated rings. The lowest BCUT2D eigenvalue weighted by atomic mass is 10.1. The molecule has 2 amide bonds. The van der Waals surface area contributed by atoms with E-state index in [0.717, 1.165) is 0 Å². The average Bonchev–Trinajstić information content (AvgIpc) is 2.98.